The number of aromatic nitrogens is 2. The van der Waals surface area contributed by atoms with Gasteiger partial charge in [-0.3, -0.25) is 9.79 Å². The molecule has 140 valence electrons. The molecule has 2 aromatic rings. The van der Waals surface area contributed by atoms with Crippen molar-refractivity contribution in [3.63, 3.8) is 0 Å². The normalized spacial score (nSPS) is 17.8. The second-order valence-electron chi connectivity index (χ2n) is 6.09. The minimum Gasteiger partial charge on any atom is -0.482 e. The molecular formula is C21H17N3O4. The van der Waals surface area contributed by atoms with E-state index in [1.54, 1.807) is 25.4 Å². The maximum Gasteiger partial charge on any atom is 0.345 e. The summed E-state index contributed by atoms with van der Waals surface area (Å²) in [6.07, 6.45) is 12.6. The summed E-state index contributed by atoms with van der Waals surface area (Å²) in [4.78, 5) is 35.9. The molecule has 0 spiro atoms. The first kappa shape index (κ1) is 17.7. The zero-order chi connectivity index (χ0) is 19.5. The minimum absolute atomic E-state index is 0.0891. The van der Waals surface area contributed by atoms with Gasteiger partial charge in [0.05, 0.1) is 6.61 Å². The van der Waals surface area contributed by atoms with Crippen molar-refractivity contribution in [3.05, 3.63) is 71.4 Å². The van der Waals surface area contributed by atoms with Gasteiger partial charge in [0.2, 0.25) is 5.78 Å². The summed E-state index contributed by atoms with van der Waals surface area (Å²) in [5, 5.41) is 1.01. The number of fused-ring (bicyclic) bond motifs is 1. The standard InChI is InChI=1S/C21H17N3O4/c1-2-27-21(26)18-17(25)12-28-19(18)16-6-5-13(7-9-22-16)10-14-11-24-20-15(14)4-3-8-23-20/h3-11H,2,12H2,1H3,(H,23,24). The van der Waals surface area contributed by atoms with Gasteiger partial charge in [0, 0.05) is 29.5 Å². The molecule has 0 radical (unpaired) electrons. The van der Waals surface area contributed by atoms with Gasteiger partial charge in [-0.25, -0.2) is 9.78 Å². The summed E-state index contributed by atoms with van der Waals surface area (Å²) in [6, 6.07) is 3.88. The van der Waals surface area contributed by atoms with Crippen molar-refractivity contribution < 1.29 is 19.1 Å². The number of carbonyl (C=O) groups excluding carboxylic acids is 2. The van der Waals surface area contributed by atoms with Crippen LogP contribution in [-0.4, -0.2) is 40.6 Å². The third-order valence-corrected chi connectivity index (χ3v) is 4.29. The van der Waals surface area contributed by atoms with Crippen molar-refractivity contribution in [2.75, 3.05) is 13.2 Å². The largest absolute Gasteiger partial charge is 0.482 e. The molecule has 0 unspecified atom stereocenters. The van der Waals surface area contributed by atoms with E-state index in [-0.39, 0.29) is 24.5 Å². The lowest BCUT2D eigenvalue weighted by Gasteiger charge is -2.04. The van der Waals surface area contributed by atoms with Crippen LogP contribution in [0.2, 0.25) is 0 Å². The van der Waals surface area contributed by atoms with Crippen LogP contribution in [0.15, 0.2) is 70.9 Å². The van der Waals surface area contributed by atoms with Gasteiger partial charge in [0.25, 0.3) is 0 Å². The van der Waals surface area contributed by atoms with E-state index >= 15 is 0 Å². The molecule has 0 atom stereocenters. The van der Waals surface area contributed by atoms with E-state index in [0.29, 0.717) is 5.71 Å². The van der Waals surface area contributed by atoms with Gasteiger partial charge in [0.15, 0.2) is 17.9 Å². The highest BCUT2D eigenvalue weighted by Crippen LogP contribution is 2.23. The maximum absolute atomic E-state index is 12.1. The van der Waals surface area contributed by atoms with Gasteiger partial charge in [-0.2, -0.15) is 0 Å². The summed E-state index contributed by atoms with van der Waals surface area (Å²) in [7, 11) is 0. The number of ketones is 1. The molecule has 0 saturated heterocycles. The van der Waals surface area contributed by atoms with Crippen molar-refractivity contribution in [2.45, 2.75) is 6.92 Å². The van der Waals surface area contributed by atoms with Gasteiger partial charge >= 0.3 is 5.97 Å². The van der Waals surface area contributed by atoms with Gasteiger partial charge < -0.3 is 14.5 Å². The second kappa shape index (κ2) is 7.48. The molecule has 0 aromatic carbocycles. The van der Waals surface area contributed by atoms with E-state index in [9.17, 15) is 9.59 Å². The summed E-state index contributed by atoms with van der Waals surface area (Å²) >= 11 is 0. The molecule has 0 saturated carbocycles. The van der Waals surface area contributed by atoms with Crippen molar-refractivity contribution in [2.24, 2.45) is 4.99 Å². The summed E-state index contributed by atoms with van der Waals surface area (Å²) < 4.78 is 10.4. The number of hydrogen-bond donors (Lipinski definition) is 1. The monoisotopic (exact) mass is 375 g/mol. The van der Waals surface area contributed by atoms with E-state index < -0.39 is 11.8 Å². The van der Waals surface area contributed by atoms with Crippen LogP contribution in [0.5, 0.6) is 0 Å². The first-order valence-corrected chi connectivity index (χ1v) is 8.81. The number of ether oxygens (including phenoxy) is 2. The minimum atomic E-state index is -0.689. The molecule has 2 aliphatic heterocycles. The Kier molecular flexibility index (Phi) is 4.72. The molecule has 7 nitrogen and oxygen atoms in total. The first-order valence-electron chi connectivity index (χ1n) is 8.81. The van der Waals surface area contributed by atoms with Crippen LogP contribution in [0.25, 0.3) is 17.1 Å². The highest BCUT2D eigenvalue weighted by atomic mass is 16.5. The number of H-pyrrole nitrogens is 1. The number of carbonyl (C=O) groups is 2. The van der Waals surface area contributed by atoms with Crippen LogP contribution in [-0.2, 0) is 19.1 Å². The van der Waals surface area contributed by atoms with E-state index in [2.05, 4.69) is 15.0 Å². The van der Waals surface area contributed by atoms with Crippen LogP contribution < -0.4 is 0 Å². The molecule has 0 aliphatic carbocycles. The van der Waals surface area contributed by atoms with Crippen LogP contribution in [0, 0.1) is 0 Å². The van der Waals surface area contributed by atoms with E-state index in [0.717, 1.165) is 22.2 Å². The van der Waals surface area contributed by atoms with Crippen LogP contribution in [0.1, 0.15) is 12.5 Å². The Hall–Kier alpha value is -3.74. The number of nitrogens with one attached hydrogen (secondary N) is 1. The Bertz CT molecular complexity index is 1120. The van der Waals surface area contributed by atoms with Crippen molar-refractivity contribution in [1.29, 1.82) is 0 Å². The smallest absolute Gasteiger partial charge is 0.345 e. The van der Waals surface area contributed by atoms with Gasteiger partial charge in [0.1, 0.15) is 11.4 Å². The molecule has 4 heterocycles. The van der Waals surface area contributed by atoms with E-state index in [4.69, 9.17) is 9.47 Å². The van der Waals surface area contributed by atoms with Gasteiger partial charge in [-0.1, -0.05) is 6.08 Å². The Balaban J connectivity index is 1.65. The van der Waals surface area contributed by atoms with E-state index in [1.807, 2.05) is 36.6 Å². The number of nitrogens with zero attached hydrogens (tertiary/aromatic N) is 2. The molecular weight excluding hydrogens is 358 g/mol. The SMILES string of the molecule is CCOC(=O)C1=C(C2=NC=CC(=Cc3c[nH]c4ncccc34)C=C2)OCC1=O. The zero-order valence-electron chi connectivity index (χ0n) is 15.1. The van der Waals surface area contributed by atoms with Crippen molar-refractivity contribution in [3.8, 4) is 0 Å². The third-order valence-electron chi connectivity index (χ3n) is 4.29. The Morgan fingerprint density at radius 3 is 3.11 bits per heavy atom. The van der Waals surface area contributed by atoms with Gasteiger partial charge in [-0.15, -0.1) is 0 Å². The highest BCUT2D eigenvalue weighted by molar-refractivity contribution is 6.26. The molecule has 0 amide bonds. The summed E-state index contributed by atoms with van der Waals surface area (Å²) in [5.74, 6) is -0.937. The molecule has 2 aliphatic rings. The first-order chi connectivity index (χ1) is 13.7. The van der Waals surface area contributed by atoms with Crippen LogP contribution >= 0.6 is 0 Å². The molecule has 4 rings (SSSR count). The second-order valence-corrected chi connectivity index (χ2v) is 6.09. The molecule has 2 aromatic heterocycles. The number of hydrogen-bond acceptors (Lipinski definition) is 6. The highest BCUT2D eigenvalue weighted by Gasteiger charge is 2.33. The number of aliphatic imine (C=N–C) groups is 1. The number of rotatable bonds is 4. The lowest BCUT2D eigenvalue weighted by atomic mass is 10.1. The van der Waals surface area contributed by atoms with E-state index in [1.165, 1.54) is 0 Å². The summed E-state index contributed by atoms with van der Waals surface area (Å²) in [6.45, 7) is 1.67. The average molecular weight is 375 g/mol. The average Bonchev–Trinajstić information content (AvgIpc) is 3.19. The fraction of sp³-hybridized carbons (Fsp3) is 0.143. The number of aromatic amines is 1. The predicted molar refractivity (Wildman–Crippen MR) is 104 cm³/mol. The fourth-order valence-corrected chi connectivity index (χ4v) is 3.00. The molecule has 28 heavy (non-hydrogen) atoms. The van der Waals surface area contributed by atoms with Crippen LogP contribution in [0.4, 0.5) is 0 Å². The number of pyridine rings is 1. The Morgan fingerprint density at radius 2 is 2.25 bits per heavy atom. The Labute approximate surface area is 160 Å². The topological polar surface area (TPSA) is 93.6 Å². The van der Waals surface area contributed by atoms with Crippen molar-refractivity contribution >= 4 is 34.6 Å². The third kappa shape index (κ3) is 3.29. The number of allylic oxidation sites excluding steroid dienone is 4. The maximum atomic E-state index is 12.1. The number of Topliss-reactive ketones (excluding diaryl/α,β-unsaturated/α-hetero) is 1. The fourth-order valence-electron chi connectivity index (χ4n) is 3.00. The molecule has 0 bridgehead atoms. The van der Waals surface area contributed by atoms with Crippen molar-refractivity contribution in [1.82, 2.24) is 9.97 Å². The lowest BCUT2D eigenvalue weighted by molar-refractivity contribution is -0.139. The quantitative estimate of drug-likeness (QED) is 0.655. The lowest BCUT2D eigenvalue weighted by Crippen LogP contribution is -2.16. The van der Waals surface area contributed by atoms with Crippen LogP contribution in [0.3, 0.4) is 0 Å². The molecule has 0 fully saturated rings. The Morgan fingerprint density at radius 1 is 1.36 bits per heavy atom. The zero-order valence-corrected chi connectivity index (χ0v) is 15.1. The van der Waals surface area contributed by atoms with Gasteiger partial charge in [-0.05, 0) is 42.9 Å². The molecule has 7 heteroatoms. The number of esters is 1. The molecule has 1 N–H and O–H groups in total. The summed E-state index contributed by atoms with van der Waals surface area (Å²) in [5.41, 5.74) is 3.01. The predicted octanol–water partition coefficient (Wildman–Crippen LogP) is 2.89.